The van der Waals surface area contributed by atoms with Crippen molar-refractivity contribution in [3.63, 3.8) is 0 Å². The van der Waals surface area contributed by atoms with Crippen LogP contribution in [0.3, 0.4) is 0 Å². The van der Waals surface area contributed by atoms with Gasteiger partial charge in [0.25, 0.3) is 0 Å². The lowest BCUT2D eigenvalue weighted by molar-refractivity contribution is -0.161. The van der Waals surface area contributed by atoms with Crippen LogP contribution in [-0.2, 0) is 65.4 Å². The molecule has 112 heavy (non-hydrogen) atoms. The molecule has 0 aliphatic rings. The largest absolute Gasteiger partial charge is 0.472 e. The van der Waals surface area contributed by atoms with Crippen LogP contribution in [0.1, 0.15) is 504 Å². The van der Waals surface area contributed by atoms with E-state index >= 15 is 0 Å². The van der Waals surface area contributed by atoms with Crippen molar-refractivity contribution in [3.8, 4) is 0 Å². The van der Waals surface area contributed by atoms with Crippen LogP contribution in [0.15, 0.2) is 0 Å². The molecule has 0 saturated carbocycles. The maximum absolute atomic E-state index is 13.2. The Morgan fingerprint density at radius 2 is 0.411 bits per heavy atom. The highest BCUT2D eigenvalue weighted by atomic mass is 31.2. The predicted molar refractivity (Wildman–Crippen MR) is 465 cm³/mol. The van der Waals surface area contributed by atoms with E-state index in [1.807, 2.05) is 0 Å². The van der Waals surface area contributed by atoms with Crippen LogP contribution in [0.2, 0.25) is 0 Å². The first-order valence-electron chi connectivity index (χ1n) is 48.0. The number of esters is 4. The molecule has 0 amide bonds. The van der Waals surface area contributed by atoms with E-state index in [4.69, 9.17) is 37.0 Å². The number of phosphoric acid groups is 2. The van der Waals surface area contributed by atoms with Gasteiger partial charge in [0, 0.05) is 25.7 Å². The summed E-state index contributed by atoms with van der Waals surface area (Å²) < 4.78 is 69.1. The van der Waals surface area contributed by atoms with Gasteiger partial charge in [0.05, 0.1) is 26.4 Å². The van der Waals surface area contributed by atoms with Crippen LogP contribution in [0, 0.1) is 11.8 Å². The van der Waals surface area contributed by atoms with Crippen molar-refractivity contribution in [2.75, 3.05) is 39.6 Å². The molecule has 0 bridgehead atoms. The second kappa shape index (κ2) is 84.1. The van der Waals surface area contributed by atoms with E-state index < -0.39 is 97.5 Å². The van der Waals surface area contributed by atoms with E-state index in [1.54, 1.807) is 0 Å². The zero-order chi connectivity index (χ0) is 82.0. The standard InChI is InChI=1S/C93H182O17P2/c1-7-9-11-13-15-17-19-21-22-23-30-36-41-47-53-59-65-71-77-92(97)109-88(81-103-90(95)75-69-63-57-51-45-20-18-16-14-12-10-8-2)83-107-111(99,100)105-79-87(94)80-106-112(101,102)108-84-89(110-93(98)78-72-66-60-54-48-42-37-32-27-25-29-34-39-44-50-56-62-68-74-86(5)6)82-104-91(96)76-70-64-58-52-46-40-35-31-26-24-28-33-38-43-49-55-61-67-73-85(3)4/h85-89,94H,7-84H2,1-6H3,(H,99,100)(H,101,102)/t87-,88+,89+/m0/s1. The molecule has 0 aromatic heterocycles. The zero-order valence-electron chi connectivity index (χ0n) is 74.0. The van der Waals surface area contributed by atoms with E-state index in [1.165, 1.54) is 321 Å². The molecular weight excluding hydrogens is 1450 g/mol. The second-order valence-corrected chi connectivity index (χ2v) is 37.3. The fourth-order valence-electron chi connectivity index (χ4n) is 14.7. The summed E-state index contributed by atoms with van der Waals surface area (Å²) in [4.78, 5) is 73.5. The van der Waals surface area contributed by atoms with E-state index in [9.17, 15) is 43.2 Å². The summed E-state index contributed by atoms with van der Waals surface area (Å²) >= 11 is 0. The number of hydrogen-bond acceptors (Lipinski definition) is 15. The van der Waals surface area contributed by atoms with Crippen LogP contribution in [0.4, 0.5) is 0 Å². The highest BCUT2D eigenvalue weighted by Gasteiger charge is 2.31. The van der Waals surface area contributed by atoms with Gasteiger partial charge < -0.3 is 33.8 Å². The van der Waals surface area contributed by atoms with Crippen molar-refractivity contribution in [2.45, 2.75) is 522 Å². The summed E-state index contributed by atoms with van der Waals surface area (Å²) in [6, 6.07) is 0. The number of aliphatic hydroxyl groups is 1. The minimum absolute atomic E-state index is 0.109. The Morgan fingerprint density at radius 1 is 0.241 bits per heavy atom. The van der Waals surface area contributed by atoms with Gasteiger partial charge in [-0.3, -0.25) is 37.3 Å². The van der Waals surface area contributed by atoms with Crippen LogP contribution >= 0.6 is 15.6 Å². The van der Waals surface area contributed by atoms with Gasteiger partial charge >= 0.3 is 39.5 Å². The van der Waals surface area contributed by atoms with Gasteiger partial charge in [0.2, 0.25) is 0 Å². The third-order valence-corrected chi connectivity index (χ3v) is 23.9. The van der Waals surface area contributed by atoms with Crippen molar-refractivity contribution in [2.24, 2.45) is 11.8 Å². The van der Waals surface area contributed by atoms with Crippen molar-refractivity contribution in [3.05, 3.63) is 0 Å². The van der Waals surface area contributed by atoms with Gasteiger partial charge in [0.15, 0.2) is 12.2 Å². The topological polar surface area (TPSA) is 237 Å². The van der Waals surface area contributed by atoms with Crippen molar-refractivity contribution >= 4 is 39.5 Å². The number of hydrogen-bond donors (Lipinski definition) is 3. The van der Waals surface area contributed by atoms with Gasteiger partial charge in [-0.2, -0.15) is 0 Å². The van der Waals surface area contributed by atoms with Gasteiger partial charge in [0.1, 0.15) is 19.3 Å². The molecule has 3 N–H and O–H groups in total. The molecule has 0 aromatic carbocycles. The monoisotopic (exact) mass is 1630 g/mol. The molecule has 2 unspecified atom stereocenters. The van der Waals surface area contributed by atoms with Gasteiger partial charge in [-0.25, -0.2) is 9.13 Å². The fraction of sp³-hybridized carbons (Fsp3) is 0.957. The Bertz CT molecular complexity index is 2130. The van der Waals surface area contributed by atoms with Gasteiger partial charge in [-0.05, 0) is 37.5 Å². The molecule has 0 aliphatic carbocycles. The lowest BCUT2D eigenvalue weighted by atomic mass is 10.0. The molecule has 5 atom stereocenters. The van der Waals surface area contributed by atoms with Crippen molar-refractivity contribution in [1.29, 1.82) is 0 Å². The highest BCUT2D eigenvalue weighted by molar-refractivity contribution is 7.47. The Kier molecular flexibility index (Phi) is 82.6. The second-order valence-electron chi connectivity index (χ2n) is 34.4. The molecule has 17 nitrogen and oxygen atoms in total. The van der Waals surface area contributed by atoms with Crippen molar-refractivity contribution < 1.29 is 80.2 Å². The van der Waals surface area contributed by atoms with Crippen LogP contribution in [0.25, 0.3) is 0 Å². The molecule has 0 rings (SSSR count). The number of phosphoric ester groups is 2. The lowest BCUT2D eigenvalue weighted by Gasteiger charge is -2.21. The van der Waals surface area contributed by atoms with Crippen LogP contribution in [-0.4, -0.2) is 96.7 Å². The Labute approximate surface area is 689 Å². The normalized spacial score (nSPS) is 13.7. The zero-order valence-corrected chi connectivity index (χ0v) is 75.8. The SMILES string of the molecule is CCCCCCCCCCCCCCCCCCCCC(=O)O[C@H](COC(=O)CCCCCCCCCCCCCC)COP(=O)(O)OC[C@H](O)COP(=O)(O)OC[C@@H](COC(=O)CCCCCCCCCCCCCCCCCCCCC(C)C)OC(=O)CCCCCCCCCCCCCCCCCCCCC(C)C. The quantitative estimate of drug-likeness (QED) is 0.0222. The maximum Gasteiger partial charge on any atom is 0.472 e. The van der Waals surface area contributed by atoms with Crippen LogP contribution in [0.5, 0.6) is 0 Å². The first-order chi connectivity index (χ1) is 54.4. The maximum atomic E-state index is 13.2. The smallest absolute Gasteiger partial charge is 0.462 e. The highest BCUT2D eigenvalue weighted by Crippen LogP contribution is 2.45. The summed E-state index contributed by atoms with van der Waals surface area (Å²) in [7, 11) is -9.94. The molecule has 19 heteroatoms. The molecule has 0 fully saturated rings. The molecule has 0 aromatic rings. The van der Waals surface area contributed by atoms with E-state index in [0.29, 0.717) is 25.7 Å². The number of ether oxygens (including phenoxy) is 4. The summed E-state index contributed by atoms with van der Waals surface area (Å²) in [5.74, 6) is -0.448. The Hall–Kier alpha value is -1.94. The summed E-state index contributed by atoms with van der Waals surface area (Å²) in [6.07, 6.45) is 79.2. The number of carbonyl (C=O) groups is 4. The summed E-state index contributed by atoms with van der Waals surface area (Å²) in [5, 5.41) is 10.7. The molecule has 666 valence electrons. The number of carbonyl (C=O) groups excluding carboxylic acids is 4. The summed E-state index contributed by atoms with van der Waals surface area (Å²) in [5.41, 5.74) is 0. The predicted octanol–water partition coefficient (Wildman–Crippen LogP) is 29.0. The van der Waals surface area contributed by atoms with Crippen molar-refractivity contribution in [1.82, 2.24) is 0 Å². The van der Waals surface area contributed by atoms with E-state index in [0.717, 1.165) is 102 Å². The fourth-order valence-corrected chi connectivity index (χ4v) is 16.2. The summed E-state index contributed by atoms with van der Waals surface area (Å²) in [6.45, 7) is 9.79. The number of aliphatic hydroxyl groups excluding tert-OH is 1. The molecule has 0 heterocycles. The minimum Gasteiger partial charge on any atom is -0.462 e. The average molecular weight is 1630 g/mol. The minimum atomic E-state index is -4.97. The first-order valence-corrected chi connectivity index (χ1v) is 51.0. The van der Waals surface area contributed by atoms with Crippen LogP contribution < -0.4 is 0 Å². The molecule has 0 saturated heterocycles. The number of rotatable bonds is 92. The Balaban J connectivity index is 5.24. The van der Waals surface area contributed by atoms with E-state index in [2.05, 4.69) is 41.5 Å². The third kappa shape index (κ3) is 85.9. The lowest BCUT2D eigenvalue weighted by Crippen LogP contribution is -2.30. The molecule has 0 aliphatic heterocycles. The van der Waals surface area contributed by atoms with E-state index in [-0.39, 0.29) is 25.7 Å². The first kappa shape index (κ1) is 110. The molecule has 0 radical (unpaired) electrons. The third-order valence-electron chi connectivity index (χ3n) is 22.0. The molecule has 0 spiro atoms. The number of unbranched alkanes of at least 4 members (excludes halogenated alkanes) is 62. The van der Waals surface area contributed by atoms with Gasteiger partial charge in [-0.1, -0.05) is 452 Å². The Morgan fingerprint density at radius 3 is 0.607 bits per heavy atom. The molecular formula is C93H182O17P2. The van der Waals surface area contributed by atoms with Gasteiger partial charge in [-0.15, -0.1) is 0 Å². The average Bonchev–Trinajstić information content (AvgIpc) is 0.897.